The number of hydrogen-bond donors (Lipinski definition) is 1. The minimum Gasteiger partial charge on any atom is -0.477 e. The van der Waals surface area contributed by atoms with E-state index in [-0.39, 0.29) is 4.88 Å². The molecule has 0 atom stereocenters. The highest BCUT2D eigenvalue weighted by Gasteiger charge is 2.07. The number of aromatic nitrogens is 4. The number of carbonyl (C=O) groups is 1. The lowest BCUT2D eigenvalue weighted by atomic mass is 10.2. The summed E-state index contributed by atoms with van der Waals surface area (Å²) in [6, 6.07) is 2.01. The summed E-state index contributed by atoms with van der Waals surface area (Å²) in [5, 5.41) is 14.8. The van der Waals surface area contributed by atoms with E-state index in [1.54, 1.807) is 17.0 Å². The molecular formula is C14H12N4O2S. The normalized spacial score (nSPS) is 11.5. The Hall–Kier alpha value is -2.54. The molecule has 0 saturated carbocycles. The second-order valence-electron chi connectivity index (χ2n) is 4.55. The zero-order chi connectivity index (χ0) is 15.0. The Bertz CT molecular complexity index is 863. The van der Waals surface area contributed by atoms with Crippen LogP contribution in [-0.2, 0) is 7.05 Å². The number of fused-ring (bicyclic) bond motifs is 1. The van der Waals surface area contributed by atoms with E-state index < -0.39 is 5.97 Å². The van der Waals surface area contributed by atoms with Crippen LogP contribution >= 0.6 is 11.3 Å². The zero-order valence-corrected chi connectivity index (χ0v) is 12.3. The predicted molar refractivity (Wildman–Crippen MR) is 81.2 cm³/mol. The molecule has 3 rings (SSSR count). The second-order valence-corrected chi connectivity index (χ2v) is 5.61. The van der Waals surface area contributed by atoms with Crippen LogP contribution in [0.1, 0.15) is 25.9 Å². The van der Waals surface area contributed by atoms with Gasteiger partial charge in [-0.1, -0.05) is 6.08 Å². The Kier molecular flexibility index (Phi) is 3.26. The van der Waals surface area contributed by atoms with Crippen molar-refractivity contribution in [2.75, 3.05) is 0 Å². The first-order valence-electron chi connectivity index (χ1n) is 6.21. The van der Waals surface area contributed by atoms with Gasteiger partial charge in [-0.15, -0.1) is 11.3 Å². The Morgan fingerprint density at radius 3 is 2.86 bits per heavy atom. The molecule has 0 radical (unpaired) electrons. The fraction of sp³-hybridized carbons (Fsp3) is 0.143. The number of carboxylic acids is 1. The van der Waals surface area contributed by atoms with Crippen LogP contribution < -0.4 is 0 Å². The second kappa shape index (κ2) is 5.10. The summed E-state index contributed by atoms with van der Waals surface area (Å²) in [5.74, 6) is -0.957. The van der Waals surface area contributed by atoms with Crippen LogP contribution in [0.25, 0.3) is 23.2 Å². The van der Waals surface area contributed by atoms with Gasteiger partial charge in [-0.25, -0.2) is 14.8 Å². The van der Waals surface area contributed by atoms with Crippen molar-refractivity contribution < 1.29 is 9.90 Å². The lowest BCUT2D eigenvalue weighted by molar-refractivity contribution is 0.0702. The number of aromatic carboxylic acids is 1. The van der Waals surface area contributed by atoms with E-state index in [9.17, 15) is 4.79 Å². The maximum absolute atomic E-state index is 10.8. The molecule has 3 heterocycles. The number of nitrogens with zero attached hydrogens (tertiary/aromatic N) is 4. The van der Waals surface area contributed by atoms with Gasteiger partial charge in [0.25, 0.3) is 0 Å². The highest BCUT2D eigenvalue weighted by atomic mass is 32.1. The number of pyridine rings is 1. The van der Waals surface area contributed by atoms with Crippen molar-refractivity contribution in [2.45, 2.75) is 6.92 Å². The van der Waals surface area contributed by atoms with Crippen LogP contribution in [0, 0.1) is 6.92 Å². The molecule has 0 aliphatic heterocycles. The Labute approximate surface area is 124 Å². The maximum atomic E-state index is 10.8. The van der Waals surface area contributed by atoms with Crippen LogP contribution in [-0.4, -0.2) is 30.8 Å². The van der Waals surface area contributed by atoms with Crippen molar-refractivity contribution in [1.29, 1.82) is 0 Å². The third-order valence-corrected chi connectivity index (χ3v) is 3.99. The molecule has 0 amide bonds. The minimum absolute atomic E-state index is 0.228. The summed E-state index contributed by atoms with van der Waals surface area (Å²) in [6.45, 7) is 1.94. The van der Waals surface area contributed by atoms with E-state index >= 15 is 0 Å². The van der Waals surface area contributed by atoms with Gasteiger partial charge in [0.1, 0.15) is 9.88 Å². The van der Waals surface area contributed by atoms with Crippen LogP contribution in [0.4, 0.5) is 0 Å². The molecular weight excluding hydrogens is 288 g/mol. The number of carboxylic acid groups (broad SMARTS) is 1. The Morgan fingerprint density at radius 2 is 2.14 bits per heavy atom. The van der Waals surface area contributed by atoms with Crippen molar-refractivity contribution in [2.24, 2.45) is 7.05 Å². The van der Waals surface area contributed by atoms with Gasteiger partial charge in [-0.2, -0.15) is 5.10 Å². The molecule has 1 N–H and O–H groups in total. The molecule has 7 heteroatoms. The maximum Gasteiger partial charge on any atom is 0.347 e. The van der Waals surface area contributed by atoms with Crippen LogP contribution in [0.2, 0.25) is 0 Å². The van der Waals surface area contributed by atoms with Crippen molar-refractivity contribution in [3.63, 3.8) is 0 Å². The fourth-order valence-corrected chi connectivity index (χ4v) is 2.71. The van der Waals surface area contributed by atoms with E-state index in [0.29, 0.717) is 5.01 Å². The van der Waals surface area contributed by atoms with Gasteiger partial charge >= 0.3 is 5.97 Å². The van der Waals surface area contributed by atoms with E-state index in [0.717, 1.165) is 33.6 Å². The summed E-state index contributed by atoms with van der Waals surface area (Å²) >= 11 is 1.14. The van der Waals surface area contributed by atoms with Crippen molar-refractivity contribution in [3.8, 4) is 0 Å². The summed E-state index contributed by atoms with van der Waals surface area (Å²) in [6.07, 6.45) is 6.76. The third-order valence-electron chi connectivity index (χ3n) is 3.04. The summed E-state index contributed by atoms with van der Waals surface area (Å²) in [4.78, 5) is 19.5. The van der Waals surface area contributed by atoms with Gasteiger partial charge in [0, 0.05) is 18.6 Å². The van der Waals surface area contributed by atoms with Crippen molar-refractivity contribution >= 4 is 40.5 Å². The third kappa shape index (κ3) is 2.55. The van der Waals surface area contributed by atoms with Crippen LogP contribution in [0.3, 0.4) is 0 Å². The Balaban J connectivity index is 1.91. The number of rotatable bonds is 3. The van der Waals surface area contributed by atoms with Crippen LogP contribution in [0.15, 0.2) is 18.5 Å². The summed E-state index contributed by atoms with van der Waals surface area (Å²) < 4.78 is 1.75. The lowest BCUT2D eigenvalue weighted by Gasteiger charge is -1.95. The van der Waals surface area contributed by atoms with E-state index in [1.807, 2.05) is 26.1 Å². The minimum atomic E-state index is -0.957. The first-order chi connectivity index (χ1) is 10.0. The molecule has 106 valence electrons. The molecule has 0 spiro atoms. The first kappa shape index (κ1) is 13.4. The van der Waals surface area contributed by atoms with Gasteiger partial charge in [0.05, 0.1) is 11.9 Å². The topological polar surface area (TPSA) is 80.9 Å². The van der Waals surface area contributed by atoms with Crippen molar-refractivity contribution in [3.05, 3.63) is 39.6 Å². The van der Waals surface area contributed by atoms with Crippen LogP contribution in [0.5, 0.6) is 0 Å². The van der Waals surface area contributed by atoms with Gasteiger partial charge in [-0.05, 0) is 24.6 Å². The lowest BCUT2D eigenvalue weighted by Crippen LogP contribution is -1.91. The summed E-state index contributed by atoms with van der Waals surface area (Å²) in [5.41, 5.74) is 2.69. The quantitative estimate of drug-likeness (QED) is 0.804. The number of hydrogen-bond acceptors (Lipinski definition) is 5. The predicted octanol–water partition coefficient (Wildman–Crippen LogP) is 2.60. The number of aryl methyl sites for hydroxylation is 2. The molecule has 0 aromatic carbocycles. The highest BCUT2D eigenvalue weighted by Crippen LogP contribution is 2.19. The van der Waals surface area contributed by atoms with Gasteiger partial charge in [-0.3, -0.25) is 4.68 Å². The molecule has 3 aromatic rings. The SMILES string of the molecule is Cc1nn(C)c2ncc(/C=C/c3ncc(C(=O)O)s3)cc12. The number of thiazole rings is 1. The average molecular weight is 300 g/mol. The monoisotopic (exact) mass is 300 g/mol. The fourth-order valence-electron chi connectivity index (χ4n) is 2.05. The molecule has 0 bridgehead atoms. The Morgan fingerprint density at radius 1 is 1.33 bits per heavy atom. The zero-order valence-electron chi connectivity index (χ0n) is 11.4. The van der Waals surface area contributed by atoms with Gasteiger partial charge in [0.15, 0.2) is 5.65 Å². The average Bonchev–Trinajstić information content (AvgIpc) is 3.03. The smallest absolute Gasteiger partial charge is 0.347 e. The van der Waals surface area contributed by atoms with E-state index in [2.05, 4.69) is 15.1 Å². The molecule has 6 nitrogen and oxygen atoms in total. The first-order valence-corrected chi connectivity index (χ1v) is 7.03. The molecule has 0 saturated heterocycles. The molecule has 3 aromatic heterocycles. The molecule has 0 fully saturated rings. The highest BCUT2D eigenvalue weighted by molar-refractivity contribution is 7.14. The standard InChI is InChI=1S/C14H12N4O2S/c1-8-10-5-9(6-16-13(10)18(2)17-8)3-4-12-15-7-11(21-12)14(19)20/h3-7H,1-2H3,(H,19,20)/b4-3+. The van der Waals surface area contributed by atoms with Gasteiger partial charge in [0.2, 0.25) is 0 Å². The largest absolute Gasteiger partial charge is 0.477 e. The molecule has 0 aliphatic rings. The van der Waals surface area contributed by atoms with Gasteiger partial charge < -0.3 is 5.11 Å². The van der Waals surface area contributed by atoms with E-state index in [4.69, 9.17) is 5.11 Å². The molecule has 21 heavy (non-hydrogen) atoms. The van der Waals surface area contributed by atoms with E-state index in [1.165, 1.54) is 6.20 Å². The molecule has 0 aliphatic carbocycles. The van der Waals surface area contributed by atoms with Crippen molar-refractivity contribution in [1.82, 2.24) is 19.7 Å². The molecule has 0 unspecified atom stereocenters. The summed E-state index contributed by atoms with van der Waals surface area (Å²) in [7, 11) is 1.86.